The van der Waals surface area contributed by atoms with Crippen LogP contribution < -0.4 is 4.57 Å². The van der Waals surface area contributed by atoms with Crippen LogP contribution in [0.25, 0.3) is 11.3 Å². The second-order valence-corrected chi connectivity index (χ2v) is 4.03. The van der Waals surface area contributed by atoms with Crippen molar-refractivity contribution < 1.29 is 10.1 Å². The highest BCUT2D eigenvalue weighted by molar-refractivity contribution is 5.61. The first-order chi connectivity index (χ1) is 9.25. The van der Waals surface area contributed by atoms with Crippen molar-refractivity contribution >= 4 is 0 Å². The van der Waals surface area contributed by atoms with E-state index in [1.807, 2.05) is 20.8 Å². The predicted octanol–water partition coefficient (Wildman–Crippen LogP) is 3.10. The summed E-state index contributed by atoms with van der Waals surface area (Å²) >= 11 is 0. The molecular formula is C15H18N+. The molecule has 0 aliphatic rings. The van der Waals surface area contributed by atoms with Crippen LogP contribution in [0.1, 0.15) is 22.2 Å². The Bertz CT molecular complexity index is 679. The van der Waals surface area contributed by atoms with Gasteiger partial charge in [0, 0.05) is 17.2 Å². The maximum atomic E-state index is 8.32. The Morgan fingerprint density at radius 2 is 1.88 bits per heavy atom. The van der Waals surface area contributed by atoms with Gasteiger partial charge in [0.2, 0.25) is 5.69 Å². The Morgan fingerprint density at radius 1 is 1.12 bits per heavy atom. The van der Waals surface area contributed by atoms with E-state index in [0.29, 0.717) is 23.5 Å². The minimum absolute atomic E-state index is 0.250. The molecule has 2 aromatic rings. The van der Waals surface area contributed by atoms with Crippen LogP contribution in [0.2, 0.25) is 0 Å². The molecule has 1 aromatic carbocycles. The molecule has 0 spiro atoms. The normalized spacial score (nSPS) is 14.0. The minimum atomic E-state index is 0.250. The van der Waals surface area contributed by atoms with Gasteiger partial charge in [-0.1, -0.05) is 18.2 Å². The van der Waals surface area contributed by atoms with E-state index < -0.39 is 0 Å². The molecule has 0 saturated heterocycles. The lowest BCUT2D eigenvalue weighted by Crippen LogP contribution is -2.31. The average molecular weight is 216 g/mol. The van der Waals surface area contributed by atoms with Crippen molar-refractivity contribution in [1.29, 1.82) is 0 Å². The van der Waals surface area contributed by atoms with E-state index in [4.69, 9.17) is 5.48 Å². The molecule has 0 saturated carbocycles. The average Bonchev–Trinajstić information content (AvgIpc) is 2.39. The number of aromatic nitrogens is 1. The lowest BCUT2D eigenvalue weighted by atomic mass is 10.0. The van der Waals surface area contributed by atoms with Gasteiger partial charge in [-0.25, -0.2) is 4.57 Å². The predicted molar refractivity (Wildman–Crippen MR) is 67.3 cm³/mol. The Hall–Kier alpha value is -1.63. The number of hydrogen-bond donors (Lipinski definition) is 0. The lowest BCUT2D eigenvalue weighted by Gasteiger charge is -2.06. The second-order valence-electron chi connectivity index (χ2n) is 4.03. The molecule has 82 valence electrons. The second kappa shape index (κ2) is 4.09. The van der Waals surface area contributed by atoms with Crippen LogP contribution >= 0.6 is 0 Å². The molecule has 0 fully saturated rings. The first-order valence-corrected chi connectivity index (χ1v) is 5.30. The third kappa shape index (κ3) is 1.85. The number of pyridine rings is 1. The minimum Gasteiger partial charge on any atom is -0.201 e. The van der Waals surface area contributed by atoms with Crippen molar-refractivity contribution in [1.82, 2.24) is 0 Å². The van der Waals surface area contributed by atoms with Gasteiger partial charge in [-0.2, -0.15) is 0 Å². The third-order valence-electron chi connectivity index (χ3n) is 2.80. The van der Waals surface area contributed by atoms with Crippen molar-refractivity contribution in [2.45, 2.75) is 20.8 Å². The van der Waals surface area contributed by atoms with Gasteiger partial charge >= 0.3 is 0 Å². The van der Waals surface area contributed by atoms with Gasteiger partial charge in [-0.05, 0) is 38.0 Å². The van der Waals surface area contributed by atoms with Gasteiger partial charge in [-0.15, -0.1) is 0 Å². The van der Waals surface area contributed by atoms with Crippen molar-refractivity contribution in [3.05, 3.63) is 53.1 Å². The van der Waals surface area contributed by atoms with Crippen molar-refractivity contribution in [3.63, 3.8) is 0 Å². The van der Waals surface area contributed by atoms with E-state index >= 15 is 0 Å². The largest absolute Gasteiger partial charge is 0.212 e. The monoisotopic (exact) mass is 216 g/mol. The van der Waals surface area contributed by atoms with Crippen LogP contribution in [0.15, 0.2) is 36.4 Å². The standard InChI is InChI=1S/C15H18N/c1-11-7-5-6-8-14(11)15-9-12(2)13(3)10-16(15)4/h5-10H,1-4H3/q+1/i6D,7D,9D,10D. The summed E-state index contributed by atoms with van der Waals surface area (Å²) in [4.78, 5) is 0. The first kappa shape index (κ1) is 6.85. The number of rotatable bonds is 1. The molecule has 1 aromatic heterocycles. The molecule has 0 atom stereocenters. The highest BCUT2D eigenvalue weighted by Crippen LogP contribution is 2.21. The van der Waals surface area contributed by atoms with E-state index in [1.54, 1.807) is 17.7 Å². The van der Waals surface area contributed by atoms with Gasteiger partial charge in [0.05, 0.1) is 4.11 Å². The number of benzene rings is 1. The topological polar surface area (TPSA) is 3.88 Å². The van der Waals surface area contributed by atoms with Crippen LogP contribution in [-0.2, 0) is 7.05 Å². The van der Waals surface area contributed by atoms with Gasteiger partial charge in [0.25, 0.3) is 0 Å². The molecular weight excluding hydrogens is 194 g/mol. The van der Waals surface area contributed by atoms with E-state index in [9.17, 15) is 0 Å². The van der Waals surface area contributed by atoms with Crippen molar-refractivity contribution in [2.24, 2.45) is 7.05 Å². The summed E-state index contributed by atoms with van der Waals surface area (Å²) in [7, 11) is 1.75. The zero-order chi connectivity index (χ0) is 15.2. The number of nitrogens with zero attached hydrogens (tertiary/aromatic N) is 1. The van der Waals surface area contributed by atoms with Gasteiger partial charge in [0.15, 0.2) is 6.17 Å². The summed E-state index contributed by atoms with van der Waals surface area (Å²) < 4.78 is 33.8. The molecule has 16 heavy (non-hydrogen) atoms. The van der Waals surface area contributed by atoms with Crippen LogP contribution in [0.3, 0.4) is 0 Å². The third-order valence-corrected chi connectivity index (χ3v) is 2.80. The summed E-state index contributed by atoms with van der Waals surface area (Å²) in [5, 5.41) is 0. The molecule has 1 heteroatoms. The zero-order valence-electron chi connectivity index (χ0n) is 14.1. The fourth-order valence-corrected chi connectivity index (χ4v) is 1.70. The van der Waals surface area contributed by atoms with Gasteiger partial charge < -0.3 is 0 Å². The number of hydrogen-bond acceptors (Lipinski definition) is 0. The molecule has 0 radical (unpaired) electrons. The Labute approximate surface area is 103 Å². The molecule has 0 N–H and O–H groups in total. The van der Waals surface area contributed by atoms with Crippen LogP contribution in [0.4, 0.5) is 0 Å². The van der Waals surface area contributed by atoms with E-state index in [-0.39, 0.29) is 12.1 Å². The maximum absolute atomic E-state index is 8.32. The van der Waals surface area contributed by atoms with Gasteiger partial charge in [0.1, 0.15) is 8.42 Å². The molecule has 0 aliphatic carbocycles. The SMILES string of the molecule is [2H]c1cc([2H])c(C)c(-c2c([2H])c(C)c(C)c([2H])[n+]2C)c1. The Morgan fingerprint density at radius 3 is 2.62 bits per heavy atom. The fourth-order valence-electron chi connectivity index (χ4n) is 1.70. The van der Waals surface area contributed by atoms with Crippen molar-refractivity contribution in [3.8, 4) is 11.3 Å². The fraction of sp³-hybridized carbons (Fsp3) is 0.267. The quantitative estimate of drug-likeness (QED) is 0.645. The zero-order valence-corrected chi connectivity index (χ0v) is 10.1. The van der Waals surface area contributed by atoms with Gasteiger partial charge in [-0.3, -0.25) is 0 Å². The highest BCUT2D eigenvalue weighted by Gasteiger charge is 2.13. The molecule has 1 nitrogen and oxygen atoms in total. The van der Waals surface area contributed by atoms with Crippen LogP contribution in [0.5, 0.6) is 0 Å². The molecule has 0 amide bonds. The summed E-state index contributed by atoms with van der Waals surface area (Å²) in [6.07, 6.45) is 0.356. The van der Waals surface area contributed by atoms with Crippen LogP contribution in [0, 0.1) is 20.8 Å². The molecule has 2 rings (SSSR count). The van der Waals surface area contributed by atoms with Crippen molar-refractivity contribution in [2.75, 3.05) is 0 Å². The lowest BCUT2D eigenvalue weighted by molar-refractivity contribution is -0.660. The van der Waals surface area contributed by atoms with E-state index in [0.717, 1.165) is 16.7 Å². The maximum Gasteiger partial charge on any atom is 0.212 e. The Balaban J connectivity index is 2.91. The summed E-state index contributed by atoms with van der Waals surface area (Å²) in [5.41, 5.74) is 3.56. The first-order valence-electron chi connectivity index (χ1n) is 7.30. The highest BCUT2D eigenvalue weighted by atomic mass is 14.9. The van der Waals surface area contributed by atoms with E-state index in [1.165, 1.54) is 6.07 Å². The molecule has 0 bridgehead atoms. The van der Waals surface area contributed by atoms with Crippen LogP contribution in [-0.4, -0.2) is 0 Å². The van der Waals surface area contributed by atoms with E-state index in [2.05, 4.69) is 0 Å². The molecule has 0 unspecified atom stereocenters. The molecule has 0 aliphatic heterocycles. The summed E-state index contributed by atoms with van der Waals surface area (Å²) in [6.45, 7) is 5.49. The summed E-state index contributed by atoms with van der Waals surface area (Å²) in [5.74, 6) is 0. The smallest absolute Gasteiger partial charge is 0.201 e. The molecule has 1 heterocycles. The summed E-state index contributed by atoms with van der Waals surface area (Å²) in [6, 6.07) is 4.05. The Kier molecular flexibility index (Phi) is 1.75.